The standard InChI is InChI=1S/C18H27NO/c1-19-16(9-10-17-7-4-5-11-20-17)13-15-12-14-6-2-3-8-18(14)15/h2-3,6,8,15-17,19H,4-5,7,9-13H2,1H3. The van der Waals surface area contributed by atoms with E-state index in [1.54, 1.807) is 11.1 Å². The Kier molecular flexibility index (Phi) is 4.74. The number of hydrogen-bond donors (Lipinski definition) is 1. The first kappa shape index (κ1) is 14.1. The largest absolute Gasteiger partial charge is 0.378 e. The molecule has 1 aromatic carbocycles. The van der Waals surface area contributed by atoms with E-state index < -0.39 is 0 Å². The number of ether oxygens (including phenoxy) is 1. The molecule has 20 heavy (non-hydrogen) atoms. The fraction of sp³-hybridized carbons (Fsp3) is 0.667. The van der Waals surface area contributed by atoms with Crippen LogP contribution in [0.1, 0.15) is 55.6 Å². The molecule has 3 rings (SSSR count). The third-order valence-corrected chi connectivity index (χ3v) is 5.05. The smallest absolute Gasteiger partial charge is 0.0575 e. The van der Waals surface area contributed by atoms with Crippen LogP contribution in [0.5, 0.6) is 0 Å². The zero-order valence-electron chi connectivity index (χ0n) is 12.6. The zero-order valence-corrected chi connectivity index (χ0v) is 12.6. The van der Waals surface area contributed by atoms with Crippen LogP contribution in [-0.4, -0.2) is 25.8 Å². The van der Waals surface area contributed by atoms with Gasteiger partial charge in [0.2, 0.25) is 0 Å². The molecule has 1 N–H and O–H groups in total. The van der Waals surface area contributed by atoms with Crippen LogP contribution in [0.4, 0.5) is 0 Å². The van der Waals surface area contributed by atoms with Crippen LogP contribution in [0.3, 0.4) is 0 Å². The van der Waals surface area contributed by atoms with Gasteiger partial charge in [-0.3, -0.25) is 0 Å². The van der Waals surface area contributed by atoms with Crippen LogP contribution in [-0.2, 0) is 11.2 Å². The highest BCUT2D eigenvalue weighted by atomic mass is 16.5. The van der Waals surface area contributed by atoms with E-state index in [4.69, 9.17) is 4.74 Å². The summed E-state index contributed by atoms with van der Waals surface area (Å²) < 4.78 is 5.85. The normalized spacial score (nSPS) is 26.6. The van der Waals surface area contributed by atoms with E-state index in [-0.39, 0.29) is 0 Å². The lowest BCUT2D eigenvalue weighted by Gasteiger charge is -2.33. The SMILES string of the molecule is CNC(CCC1CCCCO1)CC1Cc2ccccc21. The number of benzene rings is 1. The Morgan fingerprint density at radius 2 is 2.20 bits per heavy atom. The van der Waals surface area contributed by atoms with Crippen LogP contribution in [0.2, 0.25) is 0 Å². The van der Waals surface area contributed by atoms with Gasteiger partial charge in [-0.25, -0.2) is 0 Å². The summed E-state index contributed by atoms with van der Waals surface area (Å²) in [5.41, 5.74) is 3.14. The third-order valence-electron chi connectivity index (χ3n) is 5.05. The van der Waals surface area contributed by atoms with Crippen LogP contribution in [0.25, 0.3) is 0 Å². The van der Waals surface area contributed by atoms with Crippen molar-refractivity contribution >= 4 is 0 Å². The Labute approximate surface area is 122 Å². The number of fused-ring (bicyclic) bond motifs is 1. The van der Waals surface area contributed by atoms with Crippen LogP contribution < -0.4 is 5.32 Å². The predicted molar refractivity (Wildman–Crippen MR) is 83.2 cm³/mol. The minimum atomic E-state index is 0.522. The second kappa shape index (κ2) is 6.73. The molecule has 1 heterocycles. The maximum atomic E-state index is 5.85. The van der Waals surface area contributed by atoms with Gasteiger partial charge in [0.25, 0.3) is 0 Å². The van der Waals surface area contributed by atoms with Gasteiger partial charge in [0.05, 0.1) is 6.10 Å². The van der Waals surface area contributed by atoms with E-state index in [0.717, 1.165) is 12.5 Å². The fourth-order valence-electron chi connectivity index (χ4n) is 3.72. The summed E-state index contributed by atoms with van der Waals surface area (Å²) in [5.74, 6) is 0.774. The van der Waals surface area contributed by atoms with E-state index >= 15 is 0 Å². The summed E-state index contributed by atoms with van der Waals surface area (Å²) in [7, 11) is 2.11. The molecule has 110 valence electrons. The van der Waals surface area contributed by atoms with E-state index in [9.17, 15) is 0 Å². The molecule has 1 aliphatic heterocycles. The highest BCUT2D eigenvalue weighted by molar-refractivity contribution is 5.39. The number of hydrogen-bond acceptors (Lipinski definition) is 2. The summed E-state index contributed by atoms with van der Waals surface area (Å²) in [6.07, 6.45) is 9.42. The van der Waals surface area contributed by atoms with Crippen LogP contribution in [0, 0.1) is 0 Å². The van der Waals surface area contributed by atoms with E-state index in [2.05, 4.69) is 36.6 Å². The monoisotopic (exact) mass is 273 g/mol. The van der Waals surface area contributed by atoms with Crippen molar-refractivity contribution in [3.05, 3.63) is 35.4 Å². The fourth-order valence-corrected chi connectivity index (χ4v) is 3.72. The molecule has 1 saturated heterocycles. The Hall–Kier alpha value is -0.860. The molecule has 1 aliphatic carbocycles. The van der Waals surface area contributed by atoms with Gasteiger partial charge in [0, 0.05) is 12.6 Å². The van der Waals surface area contributed by atoms with Gasteiger partial charge in [0.15, 0.2) is 0 Å². The maximum Gasteiger partial charge on any atom is 0.0575 e. The van der Waals surface area contributed by atoms with Crippen LogP contribution >= 0.6 is 0 Å². The van der Waals surface area contributed by atoms with Crippen molar-refractivity contribution in [3.63, 3.8) is 0 Å². The summed E-state index contributed by atoms with van der Waals surface area (Å²) in [6, 6.07) is 9.55. The minimum absolute atomic E-state index is 0.522. The van der Waals surface area contributed by atoms with Gasteiger partial charge in [-0.05, 0) is 69.0 Å². The molecule has 0 aromatic heterocycles. The molecule has 0 bridgehead atoms. The zero-order chi connectivity index (χ0) is 13.8. The highest BCUT2D eigenvalue weighted by Gasteiger charge is 2.27. The lowest BCUT2D eigenvalue weighted by atomic mass is 9.74. The topological polar surface area (TPSA) is 21.3 Å². The van der Waals surface area contributed by atoms with Crippen molar-refractivity contribution in [2.24, 2.45) is 0 Å². The summed E-state index contributed by atoms with van der Waals surface area (Å²) >= 11 is 0. The molecule has 2 aliphatic rings. The molecule has 0 amide bonds. The molecule has 0 spiro atoms. The molecule has 2 heteroatoms. The molecular formula is C18H27NO. The molecule has 1 aromatic rings. The lowest BCUT2D eigenvalue weighted by Crippen LogP contribution is -2.32. The van der Waals surface area contributed by atoms with Crippen molar-refractivity contribution in [2.45, 2.75) is 63.0 Å². The molecule has 3 unspecified atom stereocenters. The molecule has 0 radical (unpaired) electrons. The average molecular weight is 273 g/mol. The highest BCUT2D eigenvalue weighted by Crippen LogP contribution is 2.38. The quantitative estimate of drug-likeness (QED) is 0.854. The molecule has 0 saturated carbocycles. The summed E-state index contributed by atoms with van der Waals surface area (Å²) in [6.45, 7) is 0.977. The average Bonchev–Trinajstić information content (AvgIpc) is 2.49. The second-order valence-corrected chi connectivity index (χ2v) is 6.39. The maximum absolute atomic E-state index is 5.85. The van der Waals surface area contributed by atoms with E-state index in [1.165, 1.54) is 44.9 Å². The van der Waals surface area contributed by atoms with Gasteiger partial charge in [0.1, 0.15) is 0 Å². The summed E-state index contributed by atoms with van der Waals surface area (Å²) in [5, 5.41) is 3.52. The Bertz CT molecular complexity index is 425. The molecule has 2 nitrogen and oxygen atoms in total. The van der Waals surface area contributed by atoms with Crippen molar-refractivity contribution in [1.29, 1.82) is 0 Å². The number of rotatable bonds is 6. The Morgan fingerprint density at radius 1 is 1.30 bits per heavy atom. The molecular weight excluding hydrogens is 246 g/mol. The summed E-state index contributed by atoms with van der Waals surface area (Å²) in [4.78, 5) is 0. The van der Waals surface area contributed by atoms with Crippen LogP contribution in [0.15, 0.2) is 24.3 Å². The van der Waals surface area contributed by atoms with Gasteiger partial charge < -0.3 is 10.1 Å². The van der Waals surface area contributed by atoms with E-state index in [1.807, 2.05) is 0 Å². The third kappa shape index (κ3) is 3.24. The first-order valence-corrected chi connectivity index (χ1v) is 8.23. The number of nitrogens with one attached hydrogen (secondary N) is 1. The Morgan fingerprint density at radius 3 is 2.95 bits per heavy atom. The molecule has 3 atom stereocenters. The lowest BCUT2D eigenvalue weighted by molar-refractivity contribution is 0.00842. The van der Waals surface area contributed by atoms with Crippen molar-refractivity contribution in [1.82, 2.24) is 5.32 Å². The minimum Gasteiger partial charge on any atom is -0.378 e. The predicted octanol–water partition coefficient (Wildman–Crippen LogP) is 3.65. The van der Waals surface area contributed by atoms with Crippen molar-refractivity contribution < 1.29 is 4.74 Å². The molecule has 1 fully saturated rings. The van der Waals surface area contributed by atoms with Gasteiger partial charge in [-0.15, -0.1) is 0 Å². The first-order valence-electron chi connectivity index (χ1n) is 8.23. The Balaban J connectivity index is 1.46. The van der Waals surface area contributed by atoms with Gasteiger partial charge in [-0.1, -0.05) is 24.3 Å². The second-order valence-electron chi connectivity index (χ2n) is 6.39. The van der Waals surface area contributed by atoms with Crippen molar-refractivity contribution in [2.75, 3.05) is 13.7 Å². The van der Waals surface area contributed by atoms with Gasteiger partial charge in [-0.2, -0.15) is 0 Å². The van der Waals surface area contributed by atoms with Crippen molar-refractivity contribution in [3.8, 4) is 0 Å². The van der Waals surface area contributed by atoms with E-state index in [0.29, 0.717) is 12.1 Å². The first-order chi connectivity index (χ1) is 9.86. The van der Waals surface area contributed by atoms with Gasteiger partial charge >= 0.3 is 0 Å².